The Morgan fingerprint density at radius 1 is 0.952 bits per heavy atom. The first kappa shape index (κ1) is 13.5. The van der Waals surface area contributed by atoms with Crippen LogP contribution in [0.1, 0.15) is 10.4 Å². The fourth-order valence-electron chi connectivity index (χ4n) is 2.21. The Morgan fingerprint density at radius 2 is 1.62 bits per heavy atom. The second-order valence-electron chi connectivity index (χ2n) is 4.46. The molecule has 1 amide bonds. The SMILES string of the molecule is O=C1C(=O)N(c2ccccc2)c2ccc(S(=O)(=O)O)cc21. The lowest BCUT2D eigenvalue weighted by Crippen LogP contribution is -2.24. The first-order valence-corrected chi connectivity index (χ1v) is 7.39. The number of para-hydroxylation sites is 1. The summed E-state index contributed by atoms with van der Waals surface area (Å²) >= 11 is 0. The van der Waals surface area contributed by atoms with Crippen molar-refractivity contribution in [1.29, 1.82) is 0 Å². The van der Waals surface area contributed by atoms with Gasteiger partial charge >= 0.3 is 5.91 Å². The molecule has 7 heteroatoms. The van der Waals surface area contributed by atoms with Gasteiger partial charge in [0, 0.05) is 5.69 Å². The number of fused-ring (bicyclic) bond motifs is 1. The van der Waals surface area contributed by atoms with Crippen molar-refractivity contribution in [2.45, 2.75) is 4.90 Å². The highest BCUT2D eigenvalue weighted by atomic mass is 32.2. The molecule has 0 aromatic heterocycles. The summed E-state index contributed by atoms with van der Waals surface area (Å²) in [6.07, 6.45) is 0. The quantitative estimate of drug-likeness (QED) is 0.674. The third-order valence-corrected chi connectivity index (χ3v) is 4.01. The van der Waals surface area contributed by atoms with E-state index in [1.165, 1.54) is 11.0 Å². The normalized spacial score (nSPS) is 14.4. The van der Waals surface area contributed by atoms with Crippen molar-refractivity contribution < 1.29 is 22.6 Å². The first-order chi connectivity index (χ1) is 9.89. The molecule has 0 bridgehead atoms. The van der Waals surface area contributed by atoms with Gasteiger partial charge in [0.2, 0.25) is 0 Å². The summed E-state index contributed by atoms with van der Waals surface area (Å²) in [5.74, 6) is -1.57. The molecule has 6 nitrogen and oxygen atoms in total. The number of nitrogens with zero attached hydrogens (tertiary/aromatic N) is 1. The van der Waals surface area contributed by atoms with E-state index >= 15 is 0 Å². The predicted molar refractivity (Wildman–Crippen MR) is 74.2 cm³/mol. The molecule has 0 aliphatic carbocycles. The van der Waals surface area contributed by atoms with Crippen LogP contribution in [0.5, 0.6) is 0 Å². The summed E-state index contributed by atoms with van der Waals surface area (Å²) < 4.78 is 31.3. The standard InChI is InChI=1S/C14H9NO5S/c16-13-11-8-10(21(18,19)20)6-7-12(11)15(14(13)17)9-4-2-1-3-5-9/h1-8H,(H,18,19,20). The second-order valence-corrected chi connectivity index (χ2v) is 5.88. The van der Waals surface area contributed by atoms with Crippen LogP contribution in [-0.4, -0.2) is 24.7 Å². The van der Waals surface area contributed by atoms with Crippen molar-refractivity contribution in [3.8, 4) is 0 Å². The number of benzene rings is 2. The van der Waals surface area contributed by atoms with Crippen molar-refractivity contribution >= 4 is 33.2 Å². The minimum Gasteiger partial charge on any atom is -0.283 e. The maximum absolute atomic E-state index is 12.1. The number of amides is 1. The van der Waals surface area contributed by atoms with E-state index in [0.717, 1.165) is 12.1 Å². The Hall–Kier alpha value is -2.51. The van der Waals surface area contributed by atoms with E-state index in [1.54, 1.807) is 30.3 Å². The maximum atomic E-state index is 12.1. The molecule has 0 fully saturated rings. The van der Waals surface area contributed by atoms with E-state index in [-0.39, 0.29) is 5.56 Å². The molecule has 0 saturated heterocycles. The first-order valence-electron chi connectivity index (χ1n) is 5.95. The highest BCUT2D eigenvalue weighted by Crippen LogP contribution is 2.36. The number of carbonyl (C=O) groups excluding carboxylic acids is 2. The van der Waals surface area contributed by atoms with E-state index in [1.807, 2.05) is 0 Å². The zero-order valence-corrected chi connectivity index (χ0v) is 11.4. The molecule has 2 aromatic rings. The summed E-state index contributed by atoms with van der Waals surface area (Å²) in [5, 5.41) is 0. The van der Waals surface area contributed by atoms with Crippen LogP contribution in [0.4, 0.5) is 11.4 Å². The number of anilines is 2. The van der Waals surface area contributed by atoms with Gasteiger partial charge in [-0.1, -0.05) is 18.2 Å². The van der Waals surface area contributed by atoms with Gasteiger partial charge < -0.3 is 0 Å². The minimum atomic E-state index is -4.43. The van der Waals surface area contributed by atoms with Crippen LogP contribution < -0.4 is 4.90 Å². The molecule has 0 saturated carbocycles. The van der Waals surface area contributed by atoms with Gasteiger partial charge in [-0.05, 0) is 30.3 Å². The molecule has 106 valence electrons. The van der Waals surface area contributed by atoms with Gasteiger partial charge in [0.1, 0.15) is 0 Å². The molecule has 1 heterocycles. The van der Waals surface area contributed by atoms with E-state index in [4.69, 9.17) is 4.55 Å². The summed E-state index contributed by atoms with van der Waals surface area (Å²) in [6.45, 7) is 0. The number of Topliss-reactive ketones (excluding diaryl/α,β-unsaturated/α-hetero) is 1. The molecule has 2 aromatic carbocycles. The van der Waals surface area contributed by atoms with Gasteiger partial charge in [0.15, 0.2) is 0 Å². The van der Waals surface area contributed by atoms with Crippen LogP contribution in [0, 0.1) is 0 Å². The molecule has 1 aliphatic rings. The Morgan fingerprint density at radius 3 is 2.24 bits per heavy atom. The summed E-state index contributed by atoms with van der Waals surface area (Å²) in [4.78, 5) is 24.9. The zero-order valence-electron chi connectivity index (χ0n) is 10.6. The Balaban J connectivity index is 2.19. The average molecular weight is 303 g/mol. The molecular weight excluding hydrogens is 294 g/mol. The Kier molecular flexibility index (Phi) is 2.89. The Labute approximate surface area is 120 Å². The van der Waals surface area contributed by atoms with Gasteiger partial charge in [-0.3, -0.25) is 19.0 Å². The monoisotopic (exact) mass is 303 g/mol. The van der Waals surface area contributed by atoms with E-state index in [9.17, 15) is 18.0 Å². The van der Waals surface area contributed by atoms with Crippen molar-refractivity contribution in [3.05, 3.63) is 54.1 Å². The van der Waals surface area contributed by atoms with Crippen LogP contribution in [0.2, 0.25) is 0 Å². The van der Waals surface area contributed by atoms with Crippen LogP contribution in [0.25, 0.3) is 0 Å². The predicted octanol–water partition coefficient (Wildman–Crippen LogP) is 1.79. The van der Waals surface area contributed by atoms with Crippen LogP contribution in [0.3, 0.4) is 0 Å². The molecular formula is C14H9NO5S. The number of hydrogen-bond acceptors (Lipinski definition) is 4. The maximum Gasteiger partial charge on any atom is 0.304 e. The van der Waals surface area contributed by atoms with Gasteiger partial charge in [0.25, 0.3) is 15.9 Å². The fourth-order valence-corrected chi connectivity index (χ4v) is 2.72. The topological polar surface area (TPSA) is 91.8 Å². The van der Waals surface area contributed by atoms with Gasteiger partial charge in [-0.25, -0.2) is 0 Å². The molecule has 1 aliphatic heterocycles. The van der Waals surface area contributed by atoms with Gasteiger partial charge in [-0.15, -0.1) is 0 Å². The minimum absolute atomic E-state index is 0.0426. The van der Waals surface area contributed by atoms with Crippen LogP contribution in [0.15, 0.2) is 53.4 Å². The highest BCUT2D eigenvalue weighted by molar-refractivity contribution is 7.85. The largest absolute Gasteiger partial charge is 0.304 e. The van der Waals surface area contributed by atoms with Crippen LogP contribution in [-0.2, 0) is 14.9 Å². The van der Waals surface area contributed by atoms with E-state index < -0.39 is 26.7 Å². The van der Waals surface area contributed by atoms with Gasteiger partial charge in [-0.2, -0.15) is 8.42 Å². The van der Waals surface area contributed by atoms with Gasteiger partial charge in [0.05, 0.1) is 16.1 Å². The Bertz CT molecular complexity index is 858. The lowest BCUT2D eigenvalue weighted by Gasteiger charge is -2.16. The summed E-state index contributed by atoms with van der Waals surface area (Å²) in [6, 6.07) is 12.0. The lowest BCUT2D eigenvalue weighted by molar-refractivity contribution is -0.113. The number of carbonyl (C=O) groups is 2. The van der Waals surface area contributed by atoms with Crippen molar-refractivity contribution in [2.75, 3.05) is 4.90 Å². The highest BCUT2D eigenvalue weighted by Gasteiger charge is 2.37. The molecule has 21 heavy (non-hydrogen) atoms. The van der Waals surface area contributed by atoms with Crippen molar-refractivity contribution in [1.82, 2.24) is 0 Å². The zero-order chi connectivity index (χ0) is 15.2. The summed E-state index contributed by atoms with van der Waals surface area (Å²) in [7, 11) is -4.43. The third-order valence-electron chi connectivity index (χ3n) is 3.16. The number of rotatable bonds is 2. The third kappa shape index (κ3) is 2.12. The van der Waals surface area contributed by atoms with E-state index in [2.05, 4.69) is 0 Å². The average Bonchev–Trinajstić information content (AvgIpc) is 2.71. The van der Waals surface area contributed by atoms with E-state index in [0.29, 0.717) is 11.4 Å². The second kappa shape index (κ2) is 4.51. The fraction of sp³-hybridized carbons (Fsp3) is 0. The lowest BCUT2D eigenvalue weighted by atomic mass is 10.1. The molecule has 0 unspecified atom stereocenters. The molecule has 0 spiro atoms. The smallest absolute Gasteiger partial charge is 0.283 e. The summed E-state index contributed by atoms with van der Waals surface area (Å²) in [5.41, 5.74) is 0.761. The molecule has 0 atom stereocenters. The molecule has 1 N–H and O–H groups in total. The van der Waals surface area contributed by atoms with Crippen molar-refractivity contribution in [2.24, 2.45) is 0 Å². The van der Waals surface area contributed by atoms with Crippen LogP contribution >= 0.6 is 0 Å². The molecule has 0 radical (unpaired) electrons. The molecule has 3 rings (SSSR count). The number of ketones is 1. The number of hydrogen-bond donors (Lipinski definition) is 1. The van der Waals surface area contributed by atoms with Crippen molar-refractivity contribution in [3.63, 3.8) is 0 Å².